The first kappa shape index (κ1) is 37.3. The SMILES string of the molecule is C/C=C\C(C)F.CC.CC(C)C(N)=O.CC=C(C)C.CN1CC2=C(CCCCC2)c2cc(C(=O)O)ccc21. The maximum Gasteiger partial charge on any atom is 0.335 e. The van der Waals surface area contributed by atoms with Gasteiger partial charge in [0.05, 0.1) is 5.56 Å². The highest BCUT2D eigenvalue weighted by molar-refractivity contribution is 5.92. The zero-order chi connectivity index (χ0) is 29.8. The summed E-state index contributed by atoms with van der Waals surface area (Å²) in [6, 6.07) is 5.52. The average molecular weight is 533 g/mol. The second-order valence-corrected chi connectivity index (χ2v) is 9.66. The number of anilines is 1. The number of benzene rings is 1. The van der Waals surface area contributed by atoms with Gasteiger partial charge in [-0.2, -0.15) is 0 Å². The summed E-state index contributed by atoms with van der Waals surface area (Å²) >= 11 is 0. The van der Waals surface area contributed by atoms with E-state index >= 15 is 0 Å². The Hall–Kier alpha value is -2.89. The monoisotopic (exact) mass is 532 g/mol. The molecule has 38 heavy (non-hydrogen) atoms. The molecule has 1 aromatic carbocycles. The summed E-state index contributed by atoms with van der Waals surface area (Å²) in [5.41, 5.74) is 11.8. The van der Waals surface area contributed by atoms with E-state index in [1.807, 2.05) is 32.9 Å². The van der Waals surface area contributed by atoms with Gasteiger partial charge in [0.25, 0.3) is 0 Å². The van der Waals surface area contributed by atoms with Crippen LogP contribution < -0.4 is 10.6 Å². The van der Waals surface area contributed by atoms with Gasteiger partial charge in [-0.15, -0.1) is 0 Å². The molecule has 0 spiro atoms. The van der Waals surface area contributed by atoms with Crippen LogP contribution in [-0.2, 0) is 4.79 Å². The first-order chi connectivity index (χ1) is 17.8. The number of rotatable bonds is 3. The third kappa shape index (κ3) is 15.4. The van der Waals surface area contributed by atoms with Crippen LogP contribution >= 0.6 is 0 Å². The molecule has 0 saturated heterocycles. The first-order valence-corrected chi connectivity index (χ1v) is 13.8. The summed E-state index contributed by atoms with van der Waals surface area (Å²) < 4.78 is 11.6. The average Bonchev–Trinajstić information content (AvgIpc) is 3.11. The molecule has 1 amide bonds. The smallest absolute Gasteiger partial charge is 0.335 e. The lowest BCUT2D eigenvalue weighted by atomic mass is 9.89. The Balaban J connectivity index is 0. The van der Waals surface area contributed by atoms with Gasteiger partial charge in [-0.3, -0.25) is 4.79 Å². The minimum absolute atomic E-state index is 0.00926. The molecule has 6 heteroatoms. The Morgan fingerprint density at radius 2 is 1.58 bits per heavy atom. The third-order valence-electron chi connectivity index (χ3n) is 5.84. The summed E-state index contributed by atoms with van der Waals surface area (Å²) in [4.78, 5) is 23.3. The Kier molecular flexibility index (Phi) is 20.7. The number of fused-ring (bicyclic) bond motifs is 2. The number of nitrogens with zero attached hydrogens (tertiary/aromatic N) is 1. The number of halogens is 1. The van der Waals surface area contributed by atoms with Crippen LogP contribution in [-0.4, -0.2) is 36.7 Å². The Labute approximate surface area is 231 Å². The molecule has 0 bridgehead atoms. The molecule has 1 aliphatic carbocycles. The van der Waals surface area contributed by atoms with Gasteiger partial charge in [-0.1, -0.05) is 57.9 Å². The van der Waals surface area contributed by atoms with Crippen molar-refractivity contribution in [2.45, 2.75) is 101 Å². The largest absolute Gasteiger partial charge is 0.478 e. The lowest BCUT2D eigenvalue weighted by Gasteiger charge is -2.31. The number of carboxylic acids is 1. The van der Waals surface area contributed by atoms with E-state index in [1.165, 1.54) is 54.7 Å². The van der Waals surface area contributed by atoms with Crippen molar-refractivity contribution in [1.29, 1.82) is 0 Å². The Morgan fingerprint density at radius 3 is 1.97 bits per heavy atom. The van der Waals surface area contributed by atoms with Crippen LogP contribution in [0.15, 0.2) is 47.6 Å². The number of primary amides is 1. The van der Waals surface area contributed by atoms with Gasteiger partial charge in [0.2, 0.25) is 5.91 Å². The van der Waals surface area contributed by atoms with E-state index in [2.05, 4.69) is 31.9 Å². The number of allylic oxidation sites excluding steroid dienone is 5. The number of carbonyl (C=O) groups is 2. The van der Waals surface area contributed by atoms with Crippen molar-refractivity contribution in [3.63, 3.8) is 0 Å². The van der Waals surface area contributed by atoms with E-state index in [9.17, 15) is 19.1 Å². The second-order valence-electron chi connectivity index (χ2n) is 9.66. The number of hydrogen-bond donors (Lipinski definition) is 2. The molecule has 0 saturated carbocycles. The van der Waals surface area contributed by atoms with Crippen LogP contribution in [0.4, 0.5) is 10.1 Å². The van der Waals surface area contributed by atoms with Crippen molar-refractivity contribution in [2.75, 3.05) is 18.5 Å². The number of likely N-dealkylation sites (N-methyl/N-ethyl adjacent to an activating group) is 1. The predicted octanol–water partition coefficient (Wildman–Crippen LogP) is 8.60. The van der Waals surface area contributed by atoms with Crippen LogP contribution in [0, 0.1) is 5.92 Å². The van der Waals surface area contributed by atoms with Crippen molar-refractivity contribution >= 4 is 23.1 Å². The molecule has 3 rings (SSSR count). The van der Waals surface area contributed by atoms with Gasteiger partial charge in [0, 0.05) is 30.8 Å². The number of hydrogen-bond acceptors (Lipinski definition) is 3. The first-order valence-electron chi connectivity index (χ1n) is 13.8. The van der Waals surface area contributed by atoms with Crippen molar-refractivity contribution in [3.05, 3.63) is 58.7 Å². The summed E-state index contributed by atoms with van der Waals surface area (Å²) in [6.07, 6.45) is 10.5. The molecule has 3 N–H and O–H groups in total. The van der Waals surface area contributed by atoms with Crippen molar-refractivity contribution < 1.29 is 19.1 Å². The molecule has 5 nitrogen and oxygen atoms in total. The molecule has 0 fully saturated rings. The zero-order valence-corrected chi connectivity index (χ0v) is 25.5. The number of nitrogens with two attached hydrogens (primary N) is 1. The lowest BCUT2D eigenvalue weighted by Crippen LogP contribution is -2.26. The fourth-order valence-electron chi connectivity index (χ4n) is 3.52. The molecule has 0 radical (unpaired) electrons. The van der Waals surface area contributed by atoms with E-state index in [-0.39, 0.29) is 11.8 Å². The van der Waals surface area contributed by atoms with E-state index in [1.54, 1.807) is 32.9 Å². The highest BCUT2D eigenvalue weighted by Crippen LogP contribution is 2.40. The Bertz CT molecular complexity index is 927. The van der Waals surface area contributed by atoms with E-state index < -0.39 is 12.1 Å². The van der Waals surface area contributed by atoms with Gasteiger partial charge in [-0.25, -0.2) is 9.18 Å². The molecule has 0 aromatic heterocycles. The molecule has 1 aliphatic heterocycles. The third-order valence-corrected chi connectivity index (χ3v) is 5.84. The number of alkyl halides is 1. The topological polar surface area (TPSA) is 83.6 Å². The summed E-state index contributed by atoms with van der Waals surface area (Å²) in [5, 5.41) is 9.17. The standard InChI is InChI=1S/C16H19NO2.C5H9F.C5H10.C4H9NO.C2H6/c1-17-10-12-5-3-2-4-6-13(12)14-9-11(16(18)19)7-8-15(14)17;1-3-4-5(2)6;1-4-5(2)3;1-3(2)4(5)6;1-2/h7-9H,2-6,10H2,1H3,(H,18,19);3-5H,1-2H3;4H,1-3H3;3H,1-2H3,(H2,5,6);1-2H3/b;4-3-;;;. The summed E-state index contributed by atoms with van der Waals surface area (Å²) in [6.45, 7) is 18.0. The van der Waals surface area contributed by atoms with Crippen LogP contribution in [0.5, 0.6) is 0 Å². The fraction of sp³-hybridized carbons (Fsp3) is 0.562. The maximum absolute atomic E-state index is 11.6. The number of carboxylic acid groups (broad SMARTS) is 1. The fourth-order valence-corrected chi connectivity index (χ4v) is 3.52. The van der Waals surface area contributed by atoms with Crippen LogP contribution in [0.3, 0.4) is 0 Å². The Morgan fingerprint density at radius 1 is 1.05 bits per heavy atom. The quantitative estimate of drug-likeness (QED) is 0.382. The predicted molar refractivity (Wildman–Crippen MR) is 163 cm³/mol. The summed E-state index contributed by atoms with van der Waals surface area (Å²) in [5.74, 6) is -1.09. The second kappa shape index (κ2) is 21.1. The van der Waals surface area contributed by atoms with E-state index in [4.69, 9.17) is 5.73 Å². The minimum Gasteiger partial charge on any atom is -0.478 e. The molecule has 1 unspecified atom stereocenters. The van der Waals surface area contributed by atoms with E-state index in [0.717, 1.165) is 24.9 Å². The van der Waals surface area contributed by atoms with Crippen LogP contribution in [0.25, 0.3) is 5.57 Å². The zero-order valence-electron chi connectivity index (χ0n) is 25.5. The van der Waals surface area contributed by atoms with Crippen LogP contribution in [0.2, 0.25) is 0 Å². The molecule has 1 heterocycles. The molecule has 1 atom stereocenters. The molecule has 216 valence electrons. The van der Waals surface area contributed by atoms with Crippen molar-refractivity contribution in [2.24, 2.45) is 11.7 Å². The molecular formula is C32H53FN2O3. The number of carbonyl (C=O) groups excluding carboxylic acids is 1. The van der Waals surface area contributed by atoms with Gasteiger partial charge in [-0.05, 0) is 89.6 Å². The van der Waals surface area contributed by atoms with Gasteiger partial charge in [0.15, 0.2) is 0 Å². The van der Waals surface area contributed by atoms with Gasteiger partial charge in [0.1, 0.15) is 6.17 Å². The van der Waals surface area contributed by atoms with Gasteiger partial charge < -0.3 is 15.7 Å². The maximum atomic E-state index is 11.6. The van der Waals surface area contributed by atoms with Crippen molar-refractivity contribution in [1.82, 2.24) is 0 Å². The summed E-state index contributed by atoms with van der Waals surface area (Å²) in [7, 11) is 2.09. The normalized spacial score (nSPS) is 14.4. The highest BCUT2D eigenvalue weighted by atomic mass is 19.1. The van der Waals surface area contributed by atoms with Crippen LogP contribution in [0.1, 0.15) is 110 Å². The van der Waals surface area contributed by atoms with Crippen molar-refractivity contribution in [3.8, 4) is 0 Å². The number of amides is 1. The molecule has 2 aliphatic rings. The van der Waals surface area contributed by atoms with E-state index in [0.29, 0.717) is 5.56 Å². The molecule has 1 aromatic rings. The molecular weight excluding hydrogens is 479 g/mol. The number of aromatic carboxylic acids is 1. The minimum atomic E-state index is -0.841. The lowest BCUT2D eigenvalue weighted by molar-refractivity contribution is -0.120. The van der Waals surface area contributed by atoms with Gasteiger partial charge >= 0.3 is 5.97 Å². The highest BCUT2D eigenvalue weighted by Gasteiger charge is 2.24.